The monoisotopic (exact) mass is 336 g/mol. The standard InChI is InChI=1S/C15H17ClN4O3/c1-9(2)20(8-11-5-4-6-12(16)7-11)14(22)13(21)18-15-17-10(3)19-23-15/h4-7,9H,8H2,1-3H3,(H,17,18,19,21). The normalized spacial score (nSPS) is 10.7. The third-order valence-corrected chi connectivity index (χ3v) is 3.30. The number of hydrogen-bond acceptors (Lipinski definition) is 5. The maximum absolute atomic E-state index is 12.4. The van der Waals surface area contributed by atoms with Gasteiger partial charge in [-0.15, -0.1) is 0 Å². The molecule has 1 aromatic carbocycles. The lowest BCUT2D eigenvalue weighted by Gasteiger charge is -2.26. The lowest BCUT2D eigenvalue weighted by molar-refractivity contribution is -0.144. The van der Waals surface area contributed by atoms with Crippen molar-refractivity contribution >= 4 is 29.4 Å². The van der Waals surface area contributed by atoms with E-state index in [4.69, 9.17) is 16.1 Å². The van der Waals surface area contributed by atoms with Crippen LogP contribution in [0.1, 0.15) is 25.2 Å². The lowest BCUT2D eigenvalue weighted by Crippen LogP contribution is -2.43. The minimum Gasteiger partial charge on any atom is -0.328 e. The third-order valence-electron chi connectivity index (χ3n) is 3.07. The Hall–Kier alpha value is -2.41. The molecule has 0 saturated heterocycles. The number of hydrogen-bond donors (Lipinski definition) is 1. The molecule has 1 heterocycles. The highest BCUT2D eigenvalue weighted by Crippen LogP contribution is 2.15. The molecule has 0 aliphatic rings. The van der Waals surface area contributed by atoms with Crippen molar-refractivity contribution < 1.29 is 14.1 Å². The lowest BCUT2D eigenvalue weighted by atomic mass is 10.2. The maximum Gasteiger partial charge on any atom is 0.328 e. The second-order valence-electron chi connectivity index (χ2n) is 5.26. The summed E-state index contributed by atoms with van der Waals surface area (Å²) in [5.41, 5.74) is 0.834. The van der Waals surface area contributed by atoms with Crippen LogP contribution in [0.2, 0.25) is 5.02 Å². The first kappa shape index (κ1) is 17.0. The van der Waals surface area contributed by atoms with Crippen molar-refractivity contribution in [2.24, 2.45) is 0 Å². The number of carbonyl (C=O) groups excluding carboxylic acids is 2. The van der Waals surface area contributed by atoms with Gasteiger partial charge in [-0.1, -0.05) is 28.9 Å². The topological polar surface area (TPSA) is 88.3 Å². The van der Waals surface area contributed by atoms with Gasteiger partial charge in [-0.05, 0) is 38.5 Å². The fourth-order valence-corrected chi connectivity index (χ4v) is 2.16. The summed E-state index contributed by atoms with van der Waals surface area (Å²) in [6, 6.07) is 6.86. The molecule has 7 nitrogen and oxygen atoms in total. The first-order valence-electron chi connectivity index (χ1n) is 7.03. The summed E-state index contributed by atoms with van der Waals surface area (Å²) in [7, 11) is 0. The van der Waals surface area contributed by atoms with Crippen molar-refractivity contribution in [2.75, 3.05) is 5.32 Å². The average Bonchev–Trinajstić information content (AvgIpc) is 2.89. The Morgan fingerprint density at radius 2 is 2.13 bits per heavy atom. The van der Waals surface area contributed by atoms with Crippen molar-refractivity contribution in [3.05, 3.63) is 40.7 Å². The Morgan fingerprint density at radius 1 is 1.39 bits per heavy atom. The van der Waals surface area contributed by atoms with Gasteiger partial charge in [0.2, 0.25) is 0 Å². The number of halogens is 1. The van der Waals surface area contributed by atoms with Crippen LogP contribution in [0.15, 0.2) is 28.8 Å². The molecule has 2 amide bonds. The van der Waals surface area contributed by atoms with Gasteiger partial charge < -0.3 is 9.42 Å². The Balaban J connectivity index is 2.10. The van der Waals surface area contributed by atoms with Crippen LogP contribution in [0.3, 0.4) is 0 Å². The van der Waals surface area contributed by atoms with Crippen molar-refractivity contribution in [2.45, 2.75) is 33.4 Å². The number of aromatic nitrogens is 2. The molecule has 2 aromatic rings. The quantitative estimate of drug-likeness (QED) is 0.866. The number of nitrogens with one attached hydrogen (secondary N) is 1. The first-order chi connectivity index (χ1) is 10.9. The van der Waals surface area contributed by atoms with E-state index >= 15 is 0 Å². The molecular weight excluding hydrogens is 320 g/mol. The fraction of sp³-hybridized carbons (Fsp3) is 0.333. The predicted octanol–water partition coefficient (Wildman–Crippen LogP) is 2.41. The highest BCUT2D eigenvalue weighted by Gasteiger charge is 2.25. The zero-order chi connectivity index (χ0) is 17.0. The van der Waals surface area contributed by atoms with Gasteiger partial charge in [0.05, 0.1) is 0 Å². The van der Waals surface area contributed by atoms with Gasteiger partial charge >= 0.3 is 17.8 Å². The first-order valence-corrected chi connectivity index (χ1v) is 7.41. The van der Waals surface area contributed by atoms with E-state index in [9.17, 15) is 9.59 Å². The zero-order valence-corrected chi connectivity index (χ0v) is 13.8. The molecule has 8 heteroatoms. The highest BCUT2D eigenvalue weighted by molar-refractivity contribution is 6.39. The molecule has 122 valence electrons. The van der Waals surface area contributed by atoms with E-state index in [1.165, 1.54) is 4.90 Å². The van der Waals surface area contributed by atoms with Gasteiger partial charge in [0.15, 0.2) is 5.82 Å². The summed E-state index contributed by atoms with van der Waals surface area (Å²) in [5.74, 6) is -1.15. The van der Waals surface area contributed by atoms with Crippen LogP contribution in [0.5, 0.6) is 0 Å². The second kappa shape index (κ2) is 7.23. The molecule has 0 unspecified atom stereocenters. The molecule has 0 aliphatic carbocycles. The molecular formula is C15H17ClN4O3. The Labute approximate surface area is 138 Å². The van der Waals surface area contributed by atoms with Crippen LogP contribution < -0.4 is 5.32 Å². The molecule has 0 aliphatic heterocycles. The Kier molecular flexibility index (Phi) is 5.33. The smallest absolute Gasteiger partial charge is 0.328 e. The zero-order valence-electron chi connectivity index (χ0n) is 13.0. The molecule has 1 N–H and O–H groups in total. The van der Waals surface area contributed by atoms with E-state index in [0.29, 0.717) is 10.8 Å². The number of rotatable bonds is 4. The number of aryl methyl sites for hydroxylation is 1. The highest BCUT2D eigenvalue weighted by atomic mass is 35.5. The number of carbonyl (C=O) groups is 2. The summed E-state index contributed by atoms with van der Waals surface area (Å²) < 4.78 is 4.78. The van der Waals surface area contributed by atoms with Crippen LogP contribution in [0.4, 0.5) is 6.01 Å². The van der Waals surface area contributed by atoms with Crippen molar-refractivity contribution in [1.29, 1.82) is 0 Å². The summed E-state index contributed by atoms with van der Waals surface area (Å²) in [5, 5.41) is 6.42. The van der Waals surface area contributed by atoms with E-state index in [1.807, 2.05) is 19.9 Å². The average molecular weight is 337 g/mol. The van der Waals surface area contributed by atoms with E-state index < -0.39 is 11.8 Å². The van der Waals surface area contributed by atoms with Gasteiger partial charge in [-0.2, -0.15) is 4.98 Å². The molecule has 0 fully saturated rings. The summed E-state index contributed by atoms with van der Waals surface area (Å²) in [6.07, 6.45) is 0. The van der Waals surface area contributed by atoms with Crippen LogP contribution >= 0.6 is 11.6 Å². The number of amides is 2. The molecule has 23 heavy (non-hydrogen) atoms. The molecule has 2 rings (SSSR count). The Bertz CT molecular complexity index is 714. The molecule has 0 radical (unpaired) electrons. The van der Waals surface area contributed by atoms with Gasteiger partial charge in [0.25, 0.3) is 0 Å². The molecule has 1 aromatic heterocycles. The predicted molar refractivity (Wildman–Crippen MR) is 84.8 cm³/mol. The van der Waals surface area contributed by atoms with E-state index in [0.717, 1.165) is 5.56 Å². The molecule has 0 bridgehead atoms. The van der Waals surface area contributed by atoms with Crippen LogP contribution in [-0.2, 0) is 16.1 Å². The van der Waals surface area contributed by atoms with E-state index in [-0.39, 0.29) is 18.6 Å². The molecule has 0 saturated carbocycles. The number of benzene rings is 1. The minimum absolute atomic E-state index is 0.104. The van der Waals surface area contributed by atoms with Gasteiger partial charge in [0, 0.05) is 17.6 Å². The van der Waals surface area contributed by atoms with Crippen molar-refractivity contribution in [1.82, 2.24) is 15.0 Å². The van der Waals surface area contributed by atoms with Crippen LogP contribution in [-0.4, -0.2) is 32.9 Å². The summed E-state index contributed by atoms with van der Waals surface area (Å²) in [4.78, 5) is 29.7. The summed E-state index contributed by atoms with van der Waals surface area (Å²) >= 11 is 5.95. The van der Waals surface area contributed by atoms with E-state index in [1.54, 1.807) is 25.1 Å². The van der Waals surface area contributed by atoms with E-state index in [2.05, 4.69) is 15.5 Å². The van der Waals surface area contributed by atoms with Gasteiger partial charge in [-0.3, -0.25) is 14.9 Å². The number of anilines is 1. The van der Waals surface area contributed by atoms with Crippen molar-refractivity contribution in [3.63, 3.8) is 0 Å². The van der Waals surface area contributed by atoms with Gasteiger partial charge in [-0.25, -0.2) is 0 Å². The second-order valence-corrected chi connectivity index (χ2v) is 5.69. The third kappa shape index (κ3) is 4.53. The SMILES string of the molecule is Cc1noc(NC(=O)C(=O)N(Cc2cccc(Cl)c2)C(C)C)n1. The number of nitrogens with zero attached hydrogens (tertiary/aromatic N) is 3. The van der Waals surface area contributed by atoms with Crippen LogP contribution in [0, 0.1) is 6.92 Å². The maximum atomic E-state index is 12.4. The molecule has 0 atom stereocenters. The van der Waals surface area contributed by atoms with Crippen molar-refractivity contribution in [3.8, 4) is 0 Å². The largest absolute Gasteiger partial charge is 0.328 e. The molecule has 0 spiro atoms. The summed E-state index contributed by atoms with van der Waals surface area (Å²) in [6.45, 7) is 5.53. The fourth-order valence-electron chi connectivity index (χ4n) is 1.95. The Morgan fingerprint density at radius 3 is 2.70 bits per heavy atom. The van der Waals surface area contributed by atoms with Crippen LogP contribution in [0.25, 0.3) is 0 Å². The van der Waals surface area contributed by atoms with Gasteiger partial charge in [0.1, 0.15) is 0 Å². The minimum atomic E-state index is -0.829.